The van der Waals surface area contributed by atoms with E-state index in [0.29, 0.717) is 19.4 Å². The van der Waals surface area contributed by atoms with Gasteiger partial charge in [0.1, 0.15) is 11.9 Å². The fourth-order valence-electron chi connectivity index (χ4n) is 2.93. The van der Waals surface area contributed by atoms with Gasteiger partial charge in [-0.2, -0.15) is 0 Å². The molecule has 1 saturated heterocycles. The van der Waals surface area contributed by atoms with Gasteiger partial charge in [0.25, 0.3) is 0 Å². The van der Waals surface area contributed by atoms with Crippen LogP contribution in [0.4, 0.5) is 4.39 Å². The van der Waals surface area contributed by atoms with Crippen molar-refractivity contribution in [1.29, 1.82) is 0 Å². The van der Waals surface area contributed by atoms with Crippen LogP contribution in [-0.2, 0) is 9.59 Å². The average molecular weight is 343 g/mol. The number of halogens is 2. The first kappa shape index (κ1) is 17.7. The molecule has 0 radical (unpaired) electrons. The van der Waals surface area contributed by atoms with Gasteiger partial charge in [-0.1, -0.05) is 17.7 Å². The molecule has 0 aliphatic carbocycles. The van der Waals surface area contributed by atoms with Crippen LogP contribution in [0.25, 0.3) is 0 Å². The number of nitrogens with zero attached hydrogens (tertiary/aromatic N) is 2. The molecule has 23 heavy (non-hydrogen) atoms. The van der Waals surface area contributed by atoms with Crippen molar-refractivity contribution in [3.63, 3.8) is 0 Å². The summed E-state index contributed by atoms with van der Waals surface area (Å²) in [7, 11) is 3.34. The lowest BCUT2D eigenvalue weighted by Crippen LogP contribution is -2.47. The van der Waals surface area contributed by atoms with Crippen LogP contribution < -0.4 is 0 Å². The number of rotatable bonds is 4. The number of hydrogen-bond donors (Lipinski definition) is 1. The molecular formula is C16H20ClFN2O3. The molecule has 1 aromatic rings. The van der Waals surface area contributed by atoms with E-state index in [4.69, 9.17) is 16.7 Å². The number of likely N-dealkylation sites (tertiary alicyclic amines) is 1. The Morgan fingerprint density at radius 3 is 2.70 bits per heavy atom. The lowest BCUT2D eigenvalue weighted by atomic mass is 9.96. The van der Waals surface area contributed by atoms with Gasteiger partial charge in [0.05, 0.1) is 5.92 Å². The number of carbonyl (C=O) groups excluding carboxylic acids is 1. The van der Waals surface area contributed by atoms with Gasteiger partial charge in [0.15, 0.2) is 0 Å². The minimum Gasteiger partial charge on any atom is -0.481 e. The molecule has 5 nitrogen and oxygen atoms in total. The van der Waals surface area contributed by atoms with E-state index in [-0.39, 0.29) is 23.0 Å². The van der Waals surface area contributed by atoms with Gasteiger partial charge < -0.3 is 10.0 Å². The summed E-state index contributed by atoms with van der Waals surface area (Å²) in [4.78, 5) is 27.1. The molecule has 2 rings (SSSR count). The van der Waals surface area contributed by atoms with Crippen molar-refractivity contribution < 1.29 is 19.1 Å². The highest BCUT2D eigenvalue weighted by Crippen LogP contribution is 2.31. The Morgan fingerprint density at radius 1 is 1.43 bits per heavy atom. The number of carboxylic acid groups (broad SMARTS) is 1. The lowest BCUT2D eigenvalue weighted by Gasteiger charge is -2.35. The topological polar surface area (TPSA) is 60.9 Å². The molecular weight excluding hydrogens is 323 g/mol. The Labute approximate surface area is 139 Å². The normalized spacial score (nSPS) is 19.7. The zero-order valence-electron chi connectivity index (χ0n) is 13.1. The number of hydrogen-bond acceptors (Lipinski definition) is 3. The molecule has 126 valence electrons. The first-order valence-corrected chi connectivity index (χ1v) is 7.82. The molecule has 1 heterocycles. The maximum atomic E-state index is 14.2. The molecule has 1 aliphatic rings. The summed E-state index contributed by atoms with van der Waals surface area (Å²) in [6.07, 6.45) is 1.17. The second kappa shape index (κ2) is 7.27. The zero-order valence-corrected chi connectivity index (χ0v) is 13.9. The predicted octanol–water partition coefficient (Wildman–Crippen LogP) is 2.41. The summed E-state index contributed by atoms with van der Waals surface area (Å²) in [6, 6.07) is 3.41. The molecule has 0 aromatic heterocycles. The highest BCUT2D eigenvalue weighted by Gasteiger charge is 2.35. The number of amides is 1. The quantitative estimate of drug-likeness (QED) is 0.912. The molecule has 1 aliphatic heterocycles. The van der Waals surface area contributed by atoms with Gasteiger partial charge in [0, 0.05) is 23.7 Å². The average Bonchev–Trinajstić information content (AvgIpc) is 2.50. The Morgan fingerprint density at radius 2 is 2.13 bits per heavy atom. The summed E-state index contributed by atoms with van der Waals surface area (Å²) in [5.41, 5.74) is 0.126. The molecule has 7 heteroatoms. The molecule has 0 bridgehead atoms. The van der Waals surface area contributed by atoms with Crippen LogP contribution in [0.1, 0.15) is 24.4 Å². The number of likely N-dealkylation sites (N-methyl/N-ethyl adjacent to an activating group) is 1. The standard InChI is InChI=1S/C16H20ClFN2O3/c1-19(2)14(13-11(17)6-3-7-12(13)18)15(21)20-8-4-5-10(9-20)16(22)23/h3,6-7,10,14H,4-5,8-9H2,1-2H3,(H,22,23). The van der Waals surface area contributed by atoms with Gasteiger partial charge in [-0.05, 0) is 39.1 Å². The molecule has 1 fully saturated rings. The van der Waals surface area contributed by atoms with E-state index < -0.39 is 23.7 Å². The summed E-state index contributed by atoms with van der Waals surface area (Å²) >= 11 is 6.10. The third-order valence-electron chi connectivity index (χ3n) is 4.11. The first-order chi connectivity index (χ1) is 10.8. The van der Waals surface area contributed by atoms with E-state index in [0.717, 1.165) is 0 Å². The molecule has 2 unspecified atom stereocenters. The number of carboxylic acids is 1. The number of piperidine rings is 1. The summed E-state index contributed by atoms with van der Waals surface area (Å²) in [5, 5.41) is 9.35. The van der Waals surface area contributed by atoms with Gasteiger partial charge in [-0.3, -0.25) is 14.5 Å². The van der Waals surface area contributed by atoms with Gasteiger partial charge in [0.2, 0.25) is 5.91 Å². The third-order valence-corrected chi connectivity index (χ3v) is 4.44. The van der Waals surface area contributed by atoms with Crippen molar-refractivity contribution in [2.75, 3.05) is 27.2 Å². The lowest BCUT2D eigenvalue weighted by molar-refractivity contribution is -0.147. The van der Waals surface area contributed by atoms with Crippen LogP contribution in [0.5, 0.6) is 0 Å². The van der Waals surface area contributed by atoms with Crippen molar-refractivity contribution in [2.45, 2.75) is 18.9 Å². The van der Waals surface area contributed by atoms with E-state index in [1.165, 1.54) is 17.0 Å². The number of benzene rings is 1. The Hall–Kier alpha value is -1.66. The Balaban J connectivity index is 2.31. The number of carbonyl (C=O) groups is 2. The largest absolute Gasteiger partial charge is 0.481 e. The van der Waals surface area contributed by atoms with Crippen LogP contribution >= 0.6 is 11.6 Å². The molecule has 1 N–H and O–H groups in total. The molecule has 1 amide bonds. The third kappa shape index (κ3) is 3.82. The van der Waals surface area contributed by atoms with Gasteiger partial charge >= 0.3 is 5.97 Å². The van der Waals surface area contributed by atoms with Crippen molar-refractivity contribution >= 4 is 23.5 Å². The fourth-order valence-corrected chi connectivity index (χ4v) is 3.19. The highest BCUT2D eigenvalue weighted by atomic mass is 35.5. The second-order valence-corrected chi connectivity index (χ2v) is 6.37. The SMILES string of the molecule is CN(C)C(C(=O)N1CCCC(C(=O)O)C1)c1c(F)cccc1Cl. The van der Waals surface area contributed by atoms with E-state index in [1.54, 1.807) is 25.1 Å². The predicted molar refractivity (Wildman–Crippen MR) is 84.8 cm³/mol. The second-order valence-electron chi connectivity index (χ2n) is 5.96. The van der Waals surface area contributed by atoms with E-state index in [1.807, 2.05) is 0 Å². The first-order valence-electron chi connectivity index (χ1n) is 7.45. The van der Waals surface area contributed by atoms with Crippen molar-refractivity contribution in [2.24, 2.45) is 5.92 Å². The van der Waals surface area contributed by atoms with E-state index in [9.17, 15) is 14.0 Å². The van der Waals surface area contributed by atoms with Crippen LogP contribution in [-0.4, -0.2) is 54.0 Å². The minimum atomic E-state index is -0.909. The fraction of sp³-hybridized carbons (Fsp3) is 0.500. The molecule has 2 atom stereocenters. The van der Waals surface area contributed by atoms with Crippen molar-refractivity contribution in [1.82, 2.24) is 9.80 Å². The van der Waals surface area contributed by atoms with Gasteiger partial charge in [-0.25, -0.2) is 4.39 Å². The monoisotopic (exact) mass is 342 g/mol. The van der Waals surface area contributed by atoms with Crippen molar-refractivity contribution in [3.8, 4) is 0 Å². The molecule has 1 aromatic carbocycles. The Bertz CT molecular complexity index is 589. The van der Waals surface area contributed by atoms with E-state index in [2.05, 4.69) is 0 Å². The van der Waals surface area contributed by atoms with Crippen LogP contribution in [0.3, 0.4) is 0 Å². The maximum absolute atomic E-state index is 14.2. The summed E-state index contributed by atoms with van der Waals surface area (Å²) in [5.74, 6) is -2.36. The smallest absolute Gasteiger partial charge is 0.308 e. The minimum absolute atomic E-state index is 0.126. The van der Waals surface area contributed by atoms with Crippen LogP contribution in [0.15, 0.2) is 18.2 Å². The van der Waals surface area contributed by atoms with E-state index >= 15 is 0 Å². The summed E-state index contributed by atoms with van der Waals surface area (Å²) in [6.45, 7) is 0.615. The van der Waals surface area contributed by atoms with Gasteiger partial charge in [-0.15, -0.1) is 0 Å². The van der Waals surface area contributed by atoms with Crippen LogP contribution in [0, 0.1) is 11.7 Å². The van der Waals surface area contributed by atoms with Crippen molar-refractivity contribution in [3.05, 3.63) is 34.6 Å². The molecule has 0 spiro atoms. The number of aliphatic carboxylic acids is 1. The zero-order chi connectivity index (χ0) is 17.1. The van der Waals surface area contributed by atoms with Crippen LogP contribution in [0.2, 0.25) is 5.02 Å². The summed E-state index contributed by atoms with van der Waals surface area (Å²) < 4.78 is 14.2. The highest BCUT2D eigenvalue weighted by molar-refractivity contribution is 6.31. The molecule has 0 saturated carbocycles. The Kier molecular flexibility index (Phi) is 5.59. The maximum Gasteiger partial charge on any atom is 0.308 e.